The van der Waals surface area contributed by atoms with Crippen LogP contribution in [-0.2, 0) is 0 Å². The highest BCUT2D eigenvalue weighted by Crippen LogP contribution is 2.33. The Bertz CT molecular complexity index is 456. The zero-order valence-electron chi connectivity index (χ0n) is 10.8. The Morgan fingerprint density at radius 3 is 2.83 bits per heavy atom. The molecule has 0 atom stereocenters. The average Bonchev–Trinajstić information content (AvgIpc) is 3.20. The summed E-state index contributed by atoms with van der Waals surface area (Å²) in [6.07, 6.45) is 2.57. The molecule has 3 N–H and O–H groups in total. The number of nitrogens with two attached hydrogens (primary N) is 1. The molecule has 1 fully saturated rings. The maximum Gasteiger partial charge on any atom is 0.172 e. The fraction of sp³-hybridized carbons (Fsp3) is 0.462. The van der Waals surface area contributed by atoms with E-state index in [-0.39, 0.29) is 5.84 Å². The van der Waals surface area contributed by atoms with Crippen molar-refractivity contribution in [1.82, 2.24) is 0 Å². The molecule has 1 aromatic carbocycles. The summed E-state index contributed by atoms with van der Waals surface area (Å²) < 4.78 is 5.22. The van der Waals surface area contributed by atoms with Crippen molar-refractivity contribution < 1.29 is 9.94 Å². The van der Waals surface area contributed by atoms with Crippen LogP contribution in [0.25, 0.3) is 0 Å². The first-order valence-corrected chi connectivity index (χ1v) is 6.02. The monoisotopic (exact) mass is 249 g/mol. The van der Waals surface area contributed by atoms with Gasteiger partial charge in [-0.25, -0.2) is 0 Å². The number of hydrogen-bond donors (Lipinski definition) is 2. The van der Waals surface area contributed by atoms with E-state index in [1.807, 2.05) is 25.2 Å². The van der Waals surface area contributed by atoms with E-state index in [0.29, 0.717) is 0 Å². The summed E-state index contributed by atoms with van der Waals surface area (Å²) >= 11 is 0. The highest BCUT2D eigenvalue weighted by molar-refractivity contribution is 6.02. The molecule has 0 spiro atoms. The average molecular weight is 249 g/mol. The number of ether oxygens (including phenoxy) is 1. The first-order valence-electron chi connectivity index (χ1n) is 6.02. The van der Waals surface area contributed by atoms with E-state index < -0.39 is 0 Å². The highest BCUT2D eigenvalue weighted by atomic mass is 16.5. The van der Waals surface area contributed by atoms with Crippen molar-refractivity contribution in [3.05, 3.63) is 23.8 Å². The van der Waals surface area contributed by atoms with E-state index in [1.54, 1.807) is 7.11 Å². The van der Waals surface area contributed by atoms with E-state index >= 15 is 0 Å². The Kier molecular flexibility index (Phi) is 3.60. The van der Waals surface area contributed by atoms with Gasteiger partial charge in [-0.05, 0) is 30.9 Å². The van der Waals surface area contributed by atoms with Crippen LogP contribution in [0.4, 0.5) is 5.69 Å². The van der Waals surface area contributed by atoms with Gasteiger partial charge in [-0.15, -0.1) is 0 Å². The number of nitrogens with zero attached hydrogens (tertiary/aromatic N) is 2. The van der Waals surface area contributed by atoms with Gasteiger partial charge in [0.2, 0.25) is 0 Å². The molecule has 0 unspecified atom stereocenters. The van der Waals surface area contributed by atoms with Crippen molar-refractivity contribution >= 4 is 11.5 Å². The van der Waals surface area contributed by atoms with Crippen LogP contribution in [0.2, 0.25) is 0 Å². The van der Waals surface area contributed by atoms with Crippen LogP contribution in [0.1, 0.15) is 18.4 Å². The Balaban J connectivity index is 2.32. The second-order valence-electron chi connectivity index (χ2n) is 4.69. The van der Waals surface area contributed by atoms with Crippen LogP contribution in [0.5, 0.6) is 5.75 Å². The van der Waals surface area contributed by atoms with Crippen LogP contribution in [0, 0.1) is 5.92 Å². The number of oxime groups is 1. The number of benzene rings is 1. The first-order chi connectivity index (χ1) is 8.65. The number of rotatable bonds is 5. The molecule has 0 heterocycles. The molecular weight excluding hydrogens is 230 g/mol. The van der Waals surface area contributed by atoms with Crippen molar-refractivity contribution in [2.24, 2.45) is 16.8 Å². The van der Waals surface area contributed by atoms with Gasteiger partial charge in [-0.2, -0.15) is 0 Å². The van der Waals surface area contributed by atoms with E-state index in [0.717, 1.165) is 29.5 Å². The summed E-state index contributed by atoms with van der Waals surface area (Å²) in [5.74, 6) is 1.65. The van der Waals surface area contributed by atoms with E-state index in [1.165, 1.54) is 12.8 Å². The van der Waals surface area contributed by atoms with Crippen molar-refractivity contribution in [1.29, 1.82) is 0 Å². The number of hydrogen-bond acceptors (Lipinski definition) is 4. The van der Waals surface area contributed by atoms with E-state index in [2.05, 4.69) is 10.1 Å². The zero-order chi connectivity index (χ0) is 13.1. The summed E-state index contributed by atoms with van der Waals surface area (Å²) in [5.41, 5.74) is 7.35. The van der Waals surface area contributed by atoms with Crippen molar-refractivity contribution in [2.45, 2.75) is 12.8 Å². The Morgan fingerprint density at radius 2 is 2.28 bits per heavy atom. The molecule has 0 aliphatic heterocycles. The van der Waals surface area contributed by atoms with Crippen LogP contribution >= 0.6 is 0 Å². The Morgan fingerprint density at radius 1 is 1.56 bits per heavy atom. The van der Waals surface area contributed by atoms with Gasteiger partial charge in [0.25, 0.3) is 0 Å². The van der Waals surface area contributed by atoms with Gasteiger partial charge < -0.3 is 20.6 Å². The smallest absolute Gasteiger partial charge is 0.172 e. The lowest BCUT2D eigenvalue weighted by atomic mass is 10.1. The minimum absolute atomic E-state index is 0.121. The molecule has 0 bridgehead atoms. The normalized spacial score (nSPS) is 15.6. The summed E-state index contributed by atoms with van der Waals surface area (Å²) in [4.78, 5) is 2.13. The fourth-order valence-corrected chi connectivity index (χ4v) is 2.01. The fourth-order valence-electron chi connectivity index (χ4n) is 2.01. The molecule has 1 aromatic rings. The molecule has 5 heteroatoms. The van der Waals surface area contributed by atoms with Gasteiger partial charge in [-0.3, -0.25) is 0 Å². The van der Waals surface area contributed by atoms with Gasteiger partial charge >= 0.3 is 0 Å². The molecule has 0 radical (unpaired) electrons. The third-order valence-electron chi connectivity index (χ3n) is 3.23. The summed E-state index contributed by atoms with van der Waals surface area (Å²) in [6, 6.07) is 5.53. The van der Waals surface area contributed by atoms with Crippen LogP contribution in [0.3, 0.4) is 0 Å². The Hall–Kier alpha value is -1.91. The lowest BCUT2D eigenvalue weighted by molar-refractivity contribution is 0.318. The molecule has 1 aliphatic carbocycles. The molecule has 0 saturated heterocycles. The maximum atomic E-state index is 8.83. The lowest BCUT2D eigenvalue weighted by Crippen LogP contribution is -2.24. The zero-order valence-corrected chi connectivity index (χ0v) is 10.8. The molecule has 0 aromatic heterocycles. The van der Waals surface area contributed by atoms with Crippen LogP contribution in [0.15, 0.2) is 23.4 Å². The molecule has 1 aliphatic rings. The molecule has 1 saturated carbocycles. The number of anilines is 1. The van der Waals surface area contributed by atoms with Crippen LogP contribution < -0.4 is 15.4 Å². The van der Waals surface area contributed by atoms with Gasteiger partial charge in [0.15, 0.2) is 5.84 Å². The minimum Gasteiger partial charge on any atom is -0.497 e. The maximum absolute atomic E-state index is 8.83. The van der Waals surface area contributed by atoms with E-state index in [9.17, 15) is 0 Å². The van der Waals surface area contributed by atoms with Crippen molar-refractivity contribution in [3.8, 4) is 5.75 Å². The SMILES string of the molecule is COc1ccc(/C(N)=N/O)c(N(C)CC2CC2)c1. The number of methoxy groups -OCH3 is 1. The predicted octanol–water partition coefficient (Wildman–Crippen LogP) is 1.64. The van der Waals surface area contributed by atoms with Crippen molar-refractivity contribution in [2.75, 3.05) is 25.6 Å². The third-order valence-corrected chi connectivity index (χ3v) is 3.23. The largest absolute Gasteiger partial charge is 0.497 e. The molecule has 2 rings (SSSR count). The first kappa shape index (κ1) is 12.5. The van der Waals surface area contributed by atoms with Crippen molar-refractivity contribution in [3.63, 3.8) is 0 Å². The standard InChI is InChI=1S/C13H19N3O2/c1-16(8-9-3-4-9)12-7-10(18-2)5-6-11(12)13(14)15-17/h5-7,9,17H,3-4,8H2,1-2H3,(H2,14,15). The third kappa shape index (κ3) is 2.67. The second kappa shape index (κ2) is 5.16. The molecular formula is C13H19N3O2. The quantitative estimate of drug-likeness (QED) is 0.360. The minimum atomic E-state index is 0.121. The molecule has 18 heavy (non-hydrogen) atoms. The van der Waals surface area contributed by atoms with Gasteiger partial charge in [0, 0.05) is 25.2 Å². The van der Waals surface area contributed by atoms with Gasteiger partial charge in [0.1, 0.15) is 5.75 Å². The van der Waals surface area contributed by atoms with Gasteiger partial charge in [0.05, 0.1) is 12.8 Å². The molecule has 0 amide bonds. The molecule has 98 valence electrons. The molecule has 5 nitrogen and oxygen atoms in total. The van der Waals surface area contributed by atoms with Crippen LogP contribution in [-0.4, -0.2) is 31.7 Å². The summed E-state index contributed by atoms with van der Waals surface area (Å²) in [5, 5.41) is 11.9. The highest BCUT2D eigenvalue weighted by Gasteiger charge is 2.24. The second-order valence-corrected chi connectivity index (χ2v) is 4.69. The number of amidine groups is 1. The Labute approximate surface area is 107 Å². The van der Waals surface area contributed by atoms with Gasteiger partial charge in [-0.1, -0.05) is 5.16 Å². The van der Waals surface area contributed by atoms with E-state index in [4.69, 9.17) is 15.7 Å². The summed E-state index contributed by atoms with van der Waals surface area (Å²) in [7, 11) is 3.64. The summed E-state index contributed by atoms with van der Waals surface area (Å²) in [6.45, 7) is 0.985. The predicted molar refractivity (Wildman–Crippen MR) is 71.5 cm³/mol. The topological polar surface area (TPSA) is 71.1 Å². The lowest BCUT2D eigenvalue weighted by Gasteiger charge is -2.22.